The molecular weight excluding hydrogens is 397 g/mol. The van der Waals surface area contributed by atoms with Crippen LogP contribution < -0.4 is 14.4 Å². The third kappa shape index (κ3) is 5.16. The molecule has 1 atom stereocenters. The highest BCUT2D eigenvalue weighted by atomic mass is 32.2. The van der Waals surface area contributed by atoms with Gasteiger partial charge in [-0.2, -0.15) is 13.2 Å². The van der Waals surface area contributed by atoms with Gasteiger partial charge in [-0.3, -0.25) is 9.10 Å². The van der Waals surface area contributed by atoms with Gasteiger partial charge in [-0.15, -0.1) is 0 Å². The molecule has 2 aromatic rings. The Morgan fingerprint density at radius 3 is 2.04 bits per heavy atom. The number of rotatable bonds is 6. The van der Waals surface area contributed by atoms with Gasteiger partial charge in [0.15, 0.2) is 0 Å². The van der Waals surface area contributed by atoms with E-state index in [9.17, 15) is 26.4 Å². The van der Waals surface area contributed by atoms with Gasteiger partial charge in [0.1, 0.15) is 11.8 Å². The number of benzene rings is 2. The van der Waals surface area contributed by atoms with Crippen molar-refractivity contribution in [3.05, 3.63) is 54.1 Å². The first-order valence-electron chi connectivity index (χ1n) is 8.05. The van der Waals surface area contributed by atoms with E-state index < -0.39 is 33.7 Å². The Labute approximate surface area is 161 Å². The van der Waals surface area contributed by atoms with Crippen molar-refractivity contribution in [2.75, 3.05) is 23.0 Å². The predicted octanol–water partition coefficient (Wildman–Crippen LogP) is 3.51. The maximum atomic E-state index is 12.6. The van der Waals surface area contributed by atoms with E-state index in [1.54, 1.807) is 12.1 Å². The van der Waals surface area contributed by atoms with Gasteiger partial charge in [0.25, 0.3) is 0 Å². The number of carbonyl (C=O) groups is 1. The lowest BCUT2D eigenvalue weighted by Crippen LogP contribution is -2.45. The molecule has 0 heterocycles. The number of sulfonamides is 1. The van der Waals surface area contributed by atoms with E-state index >= 15 is 0 Å². The topological polar surface area (TPSA) is 75.7 Å². The van der Waals surface area contributed by atoms with Crippen LogP contribution in [-0.2, 0) is 21.0 Å². The van der Waals surface area contributed by atoms with Crippen LogP contribution in [0.4, 0.5) is 24.5 Å². The third-order valence-corrected chi connectivity index (χ3v) is 5.14. The molecule has 10 heteroatoms. The summed E-state index contributed by atoms with van der Waals surface area (Å²) in [4.78, 5) is 12.5. The average molecular weight is 416 g/mol. The number of hydrogen-bond acceptors (Lipinski definition) is 4. The molecule has 2 aromatic carbocycles. The zero-order valence-electron chi connectivity index (χ0n) is 15.3. The van der Waals surface area contributed by atoms with Crippen molar-refractivity contribution in [3.8, 4) is 5.75 Å². The molecule has 0 radical (unpaired) electrons. The summed E-state index contributed by atoms with van der Waals surface area (Å²) in [5.41, 5.74) is -0.485. The number of nitrogens with zero attached hydrogens (tertiary/aromatic N) is 1. The number of ether oxygens (including phenoxy) is 1. The molecule has 152 valence electrons. The largest absolute Gasteiger partial charge is 0.497 e. The van der Waals surface area contributed by atoms with Gasteiger partial charge in [-0.1, -0.05) is 0 Å². The Hall–Kier alpha value is -2.75. The first-order valence-corrected chi connectivity index (χ1v) is 9.90. The van der Waals surface area contributed by atoms with Crippen LogP contribution in [-0.4, -0.2) is 33.7 Å². The van der Waals surface area contributed by atoms with Crippen LogP contribution in [0.15, 0.2) is 48.5 Å². The molecule has 0 saturated carbocycles. The minimum atomic E-state index is -4.49. The Kier molecular flexibility index (Phi) is 6.23. The average Bonchev–Trinajstić information content (AvgIpc) is 2.61. The Morgan fingerprint density at radius 2 is 1.61 bits per heavy atom. The molecule has 0 fully saturated rings. The molecule has 0 unspecified atom stereocenters. The summed E-state index contributed by atoms with van der Waals surface area (Å²) in [6.07, 6.45) is -3.53. The Morgan fingerprint density at radius 1 is 1.07 bits per heavy atom. The second-order valence-electron chi connectivity index (χ2n) is 6.00. The highest BCUT2D eigenvalue weighted by Crippen LogP contribution is 2.30. The van der Waals surface area contributed by atoms with Crippen LogP contribution in [0.1, 0.15) is 12.5 Å². The van der Waals surface area contributed by atoms with Gasteiger partial charge >= 0.3 is 6.18 Å². The van der Waals surface area contributed by atoms with E-state index in [2.05, 4.69) is 5.32 Å². The van der Waals surface area contributed by atoms with Gasteiger partial charge in [0.05, 0.1) is 24.6 Å². The zero-order chi connectivity index (χ0) is 21.1. The van der Waals surface area contributed by atoms with Crippen LogP contribution in [0.25, 0.3) is 0 Å². The van der Waals surface area contributed by atoms with Crippen molar-refractivity contribution >= 4 is 27.3 Å². The second-order valence-corrected chi connectivity index (χ2v) is 7.86. The van der Waals surface area contributed by atoms with E-state index in [4.69, 9.17) is 4.74 Å². The number of nitrogens with one attached hydrogen (secondary N) is 1. The van der Waals surface area contributed by atoms with Gasteiger partial charge in [0, 0.05) is 5.69 Å². The fraction of sp³-hybridized carbons (Fsp3) is 0.278. The summed E-state index contributed by atoms with van der Waals surface area (Å²) in [6, 6.07) is 8.80. The number of amides is 1. The Bertz CT molecular complexity index is 927. The number of alkyl halides is 3. The second kappa shape index (κ2) is 8.09. The van der Waals surface area contributed by atoms with Crippen molar-refractivity contribution < 1.29 is 31.1 Å². The number of methoxy groups -OCH3 is 1. The van der Waals surface area contributed by atoms with Crippen LogP contribution in [0.2, 0.25) is 0 Å². The van der Waals surface area contributed by atoms with Crippen molar-refractivity contribution in [3.63, 3.8) is 0 Å². The molecule has 0 spiro atoms. The molecular formula is C18H19F3N2O4S. The lowest BCUT2D eigenvalue weighted by Gasteiger charge is -2.28. The molecule has 0 aliphatic carbocycles. The van der Waals surface area contributed by atoms with Gasteiger partial charge in [0.2, 0.25) is 15.9 Å². The molecule has 0 aliphatic heterocycles. The maximum Gasteiger partial charge on any atom is 0.416 e. The lowest BCUT2D eigenvalue weighted by molar-refractivity contribution is -0.137. The quantitative estimate of drug-likeness (QED) is 0.782. The van der Waals surface area contributed by atoms with E-state index in [1.165, 1.54) is 26.2 Å². The van der Waals surface area contributed by atoms with Crippen molar-refractivity contribution in [1.29, 1.82) is 0 Å². The van der Waals surface area contributed by atoms with Crippen LogP contribution >= 0.6 is 0 Å². The number of carbonyl (C=O) groups excluding carboxylic acids is 1. The number of anilines is 2. The standard InChI is InChI=1S/C18H19F3N2O4S/c1-12(17(24)22-14-6-4-13(5-7-14)18(19,20)21)23(28(3,25)26)15-8-10-16(27-2)11-9-15/h4-12H,1-3H3,(H,22,24)/t12-/m0/s1. The maximum absolute atomic E-state index is 12.6. The predicted molar refractivity (Wildman–Crippen MR) is 99.9 cm³/mol. The van der Waals surface area contributed by atoms with E-state index in [0.29, 0.717) is 5.75 Å². The first-order chi connectivity index (χ1) is 12.9. The molecule has 0 aliphatic rings. The van der Waals surface area contributed by atoms with Crippen LogP contribution in [0, 0.1) is 0 Å². The number of halogens is 3. The highest BCUT2D eigenvalue weighted by Gasteiger charge is 2.31. The fourth-order valence-corrected chi connectivity index (χ4v) is 3.70. The molecule has 28 heavy (non-hydrogen) atoms. The normalized spacial score (nSPS) is 12.9. The molecule has 0 bridgehead atoms. The first kappa shape index (κ1) is 21.5. The fourth-order valence-electron chi connectivity index (χ4n) is 2.53. The summed E-state index contributed by atoms with van der Waals surface area (Å²) in [5.74, 6) is -0.180. The van der Waals surface area contributed by atoms with E-state index in [-0.39, 0.29) is 11.4 Å². The van der Waals surface area contributed by atoms with E-state index in [0.717, 1.165) is 34.8 Å². The highest BCUT2D eigenvalue weighted by molar-refractivity contribution is 7.92. The smallest absolute Gasteiger partial charge is 0.416 e. The lowest BCUT2D eigenvalue weighted by atomic mass is 10.2. The van der Waals surface area contributed by atoms with Crippen molar-refractivity contribution in [1.82, 2.24) is 0 Å². The third-order valence-electron chi connectivity index (χ3n) is 3.90. The summed E-state index contributed by atoms with van der Waals surface area (Å²) in [7, 11) is -2.36. The summed E-state index contributed by atoms with van der Waals surface area (Å²) in [6.45, 7) is 1.38. The molecule has 1 amide bonds. The van der Waals surface area contributed by atoms with Crippen LogP contribution in [0.3, 0.4) is 0 Å². The van der Waals surface area contributed by atoms with E-state index in [1.807, 2.05) is 0 Å². The summed E-state index contributed by atoms with van der Waals surface area (Å²) < 4.78 is 68.3. The molecule has 2 rings (SSSR count). The summed E-state index contributed by atoms with van der Waals surface area (Å²) in [5, 5.41) is 2.43. The Balaban J connectivity index is 2.24. The van der Waals surface area contributed by atoms with Gasteiger partial charge in [-0.25, -0.2) is 8.42 Å². The molecule has 0 aromatic heterocycles. The minimum absolute atomic E-state index is 0.119. The zero-order valence-corrected chi connectivity index (χ0v) is 16.1. The number of hydrogen-bond donors (Lipinski definition) is 1. The molecule has 6 nitrogen and oxygen atoms in total. The molecule has 1 N–H and O–H groups in total. The van der Waals surface area contributed by atoms with Gasteiger partial charge in [-0.05, 0) is 55.5 Å². The van der Waals surface area contributed by atoms with Crippen molar-refractivity contribution in [2.24, 2.45) is 0 Å². The summed E-state index contributed by atoms with van der Waals surface area (Å²) >= 11 is 0. The SMILES string of the molecule is COc1ccc(N([C@@H](C)C(=O)Nc2ccc(C(F)(F)F)cc2)S(C)(=O)=O)cc1. The van der Waals surface area contributed by atoms with Crippen LogP contribution in [0.5, 0.6) is 5.75 Å². The minimum Gasteiger partial charge on any atom is -0.497 e. The monoisotopic (exact) mass is 416 g/mol. The molecule has 0 saturated heterocycles. The van der Waals surface area contributed by atoms with Gasteiger partial charge < -0.3 is 10.1 Å². The van der Waals surface area contributed by atoms with Crippen molar-refractivity contribution in [2.45, 2.75) is 19.1 Å².